The van der Waals surface area contributed by atoms with Gasteiger partial charge in [0, 0.05) is 25.4 Å². The molecule has 1 heterocycles. The van der Waals surface area contributed by atoms with Gasteiger partial charge >= 0.3 is 0 Å². The quantitative estimate of drug-likeness (QED) is 0.792. The molecular weight excluding hydrogens is 228 g/mol. The summed E-state index contributed by atoms with van der Waals surface area (Å²) in [4.78, 5) is 11.9. The molecule has 102 valence electrons. The molecule has 1 amide bonds. The zero-order chi connectivity index (χ0) is 13.7. The smallest absolute Gasteiger partial charge is 0.237 e. The van der Waals surface area contributed by atoms with Crippen LogP contribution in [0.3, 0.4) is 0 Å². The predicted molar refractivity (Wildman–Crippen MR) is 71.9 cm³/mol. The van der Waals surface area contributed by atoms with Crippen molar-refractivity contribution < 1.29 is 4.79 Å². The molecule has 5 nitrogen and oxygen atoms in total. The number of hydrogen-bond donors (Lipinski definition) is 2. The molecule has 2 atom stereocenters. The van der Waals surface area contributed by atoms with Gasteiger partial charge < -0.3 is 11.1 Å². The van der Waals surface area contributed by atoms with Gasteiger partial charge in [0.2, 0.25) is 5.91 Å². The Balaban J connectivity index is 2.57. The number of nitrogens with one attached hydrogen (secondary N) is 1. The lowest BCUT2D eigenvalue weighted by Gasteiger charge is -2.17. The average molecular weight is 252 g/mol. The van der Waals surface area contributed by atoms with Crippen LogP contribution in [0.25, 0.3) is 0 Å². The van der Waals surface area contributed by atoms with Crippen molar-refractivity contribution >= 4 is 5.91 Å². The van der Waals surface area contributed by atoms with Gasteiger partial charge in [0.1, 0.15) is 0 Å². The van der Waals surface area contributed by atoms with Crippen LogP contribution in [0, 0.1) is 5.92 Å². The number of carbonyl (C=O) groups excluding carboxylic acids is 1. The highest BCUT2D eigenvalue weighted by atomic mass is 16.2. The predicted octanol–water partition coefficient (Wildman–Crippen LogP) is 0.972. The lowest BCUT2D eigenvalue weighted by atomic mass is 9.99. The maximum absolute atomic E-state index is 11.9. The lowest BCUT2D eigenvalue weighted by Crippen LogP contribution is -2.44. The van der Waals surface area contributed by atoms with E-state index in [4.69, 9.17) is 5.73 Å². The van der Waals surface area contributed by atoms with Crippen LogP contribution in [-0.4, -0.2) is 21.7 Å². The molecule has 0 saturated heterocycles. The second kappa shape index (κ2) is 6.54. The molecule has 0 saturated carbocycles. The van der Waals surface area contributed by atoms with Crippen molar-refractivity contribution in [1.29, 1.82) is 0 Å². The molecule has 18 heavy (non-hydrogen) atoms. The monoisotopic (exact) mass is 252 g/mol. The topological polar surface area (TPSA) is 72.9 Å². The summed E-state index contributed by atoms with van der Waals surface area (Å²) in [5.74, 6) is 0.111. The molecule has 1 aromatic heterocycles. The summed E-state index contributed by atoms with van der Waals surface area (Å²) in [6.45, 7) is 6.58. The van der Waals surface area contributed by atoms with E-state index in [1.165, 1.54) is 0 Å². The van der Waals surface area contributed by atoms with Gasteiger partial charge in [0.15, 0.2) is 0 Å². The Hall–Kier alpha value is -1.36. The summed E-state index contributed by atoms with van der Waals surface area (Å²) < 4.78 is 1.77. The third-order valence-electron chi connectivity index (χ3n) is 3.34. The van der Waals surface area contributed by atoms with Gasteiger partial charge in [-0.15, -0.1) is 0 Å². The second-order valence-electron chi connectivity index (χ2n) is 4.76. The number of aryl methyl sites for hydroxylation is 2. The highest BCUT2D eigenvalue weighted by Crippen LogP contribution is 2.08. The number of nitrogens with two attached hydrogens (primary N) is 1. The molecule has 0 aromatic carbocycles. The van der Waals surface area contributed by atoms with Crippen LogP contribution < -0.4 is 11.1 Å². The van der Waals surface area contributed by atoms with Crippen molar-refractivity contribution in [2.75, 3.05) is 0 Å². The largest absolute Gasteiger partial charge is 0.351 e. The highest BCUT2D eigenvalue weighted by molar-refractivity contribution is 5.81. The number of carbonyl (C=O) groups is 1. The van der Waals surface area contributed by atoms with E-state index in [1.807, 2.05) is 27.1 Å². The first-order valence-corrected chi connectivity index (χ1v) is 6.54. The summed E-state index contributed by atoms with van der Waals surface area (Å²) in [6, 6.07) is -0.434. The van der Waals surface area contributed by atoms with Gasteiger partial charge in [0.25, 0.3) is 0 Å². The van der Waals surface area contributed by atoms with Gasteiger partial charge in [-0.1, -0.05) is 27.2 Å². The fourth-order valence-corrected chi connectivity index (χ4v) is 1.84. The number of aromatic nitrogens is 2. The summed E-state index contributed by atoms with van der Waals surface area (Å²) in [7, 11) is 1.88. The Bertz CT molecular complexity index is 400. The van der Waals surface area contributed by atoms with Crippen molar-refractivity contribution in [3.8, 4) is 0 Å². The molecule has 2 unspecified atom stereocenters. The summed E-state index contributed by atoms with van der Waals surface area (Å²) >= 11 is 0. The molecule has 0 radical (unpaired) electrons. The number of hydrogen-bond acceptors (Lipinski definition) is 3. The minimum Gasteiger partial charge on any atom is -0.351 e. The van der Waals surface area contributed by atoms with Crippen molar-refractivity contribution in [2.24, 2.45) is 18.7 Å². The molecule has 0 bridgehead atoms. The van der Waals surface area contributed by atoms with E-state index in [0.29, 0.717) is 6.54 Å². The van der Waals surface area contributed by atoms with E-state index >= 15 is 0 Å². The zero-order valence-electron chi connectivity index (χ0n) is 11.7. The van der Waals surface area contributed by atoms with Crippen molar-refractivity contribution in [3.05, 3.63) is 17.5 Å². The normalized spacial score (nSPS) is 14.3. The molecule has 0 spiro atoms. The van der Waals surface area contributed by atoms with E-state index < -0.39 is 6.04 Å². The van der Waals surface area contributed by atoms with Crippen LogP contribution in [0.4, 0.5) is 0 Å². The van der Waals surface area contributed by atoms with Crippen LogP contribution in [-0.2, 0) is 24.8 Å². The lowest BCUT2D eigenvalue weighted by molar-refractivity contribution is -0.123. The van der Waals surface area contributed by atoms with Crippen molar-refractivity contribution in [1.82, 2.24) is 15.1 Å². The summed E-state index contributed by atoms with van der Waals surface area (Å²) in [6.07, 6.45) is 3.71. The molecule has 1 aromatic rings. The number of rotatable bonds is 6. The maximum atomic E-state index is 11.9. The van der Waals surface area contributed by atoms with Crippen LogP contribution in [0.5, 0.6) is 0 Å². The van der Waals surface area contributed by atoms with E-state index in [-0.39, 0.29) is 11.8 Å². The molecule has 0 aliphatic rings. The van der Waals surface area contributed by atoms with E-state index in [0.717, 1.165) is 24.1 Å². The van der Waals surface area contributed by atoms with E-state index in [1.54, 1.807) is 4.68 Å². The molecule has 1 rings (SSSR count). The zero-order valence-corrected chi connectivity index (χ0v) is 11.7. The van der Waals surface area contributed by atoms with E-state index in [2.05, 4.69) is 17.3 Å². The number of amides is 1. The SMILES string of the molecule is CCc1nn(C)cc1CNC(=O)C(N)C(C)CC. The van der Waals surface area contributed by atoms with E-state index in [9.17, 15) is 4.79 Å². The Morgan fingerprint density at radius 3 is 2.78 bits per heavy atom. The standard InChI is InChI=1S/C13H24N4O/c1-5-9(3)12(14)13(18)15-7-10-8-17(4)16-11(10)6-2/h8-9,12H,5-7,14H2,1-4H3,(H,15,18). The van der Waals surface area contributed by atoms with Gasteiger partial charge in [-0.2, -0.15) is 5.10 Å². The Morgan fingerprint density at radius 1 is 1.56 bits per heavy atom. The van der Waals surface area contributed by atoms with Gasteiger partial charge in [0.05, 0.1) is 11.7 Å². The second-order valence-corrected chi connectivity index (χ2v) is 4.76. The summed E-state index contributed by atoms with van der Waals surface area (Å²) in [5, 5.41) is 7.22. The van der Waals surface area contributed by atoms with Crippen molar-refractivity contribution in [3.63, 3.8) is 0 Å². The Morgan fingerprint density at radius 2 is 2.22 bits per heavy atom. The first-order valence-electron chi connectivity index (χ1n) is 6.54. The molecule has 0 aliphatic carbocycles. The maximum Gasteiger partial charge on any atom is 0.237 e. The fraction of sp³-hybridized carbons (Fsp3) is 0.692. The molecule has 5 heteroatoms. The minimum absolute atomic E-state index is 0.0877. The molecule has 0 fully saturated rings. The van der Waals surface area contributed by atoms with Crippen molar-refractivity contribution in [2.45, 2.75) is 46.2 Å². The first kappa shape index (κ1) is 14.7. The third-order valence-corrected chi connectivity index (χ3v) is 3.34. The first-order chi connectivity index (χ1) is 8.49. The Labute approximate surface area is 109 Å². The highest BCUT2D eigenvalue weighted by Gasteiger charge is 2.19. The van der Waals surface area contributed by atoms with Crippen LogP contribution in [0.15, 0.2) is 6.20 Å². The molecule has 0 aliphatic heterocycles. The van der Waals surface area contributed by atoms with Gasteiger partial charge in [-0.25, -0.2) is 0 Å². The van der Waals surface area contributed by atoms with Gasteiger partial charge in [-0.05, 0) is 12.3 Å². The molecule has 3 N–H and O–H groups in total. The molecular formula is C13H24N4O. The Kier molecular flexibility index (Phi) is 5.34. The van der Waals surface area contributed by atoms with Crippen LogP contribution >= 0.6 is 0 Å². The van der Waals surface area contributed by atoms with Crippen LogP contribution in [0.1, 0.15) is 38.4 Å². The summed E-state index contributed by atoms with van der Waals surface area (Å²) in [5.41, 5.74) is 7.96. The minimum atomic E-state index is -0.434. The number of nitrogens with zero attached hydrogens (tertiary/aromatic N) is 2. The average Bonchev–Trinajstić information content (AvgIpc) is 2.74. The third kappa shape index (κ3) is 3.57. The van der Waals surface area contributed by atoms with Crippen LogP contribution in [0.2, 0.25) is 0 Å². The van der Waals surface area contributed by atoms with Gasteiger partial charge in [-0.3, -0.25) is 9.48 Å². The fourth-order valence-electron chi connectivity index (χ4n) is 1.84.